The summed E-state index contributed by atoms with van der Waals surface area (Å²) in [6.45, 7) is -0.256. The van der Waals surface area contributed by atoms with Gasteiger partial charge in [-0.15, -0.1) is 0 Å². The average molecular weight is 471 g/mol. The number of aromatic carboxylic acids is 1. The van der Waals surface area contributed by atoms with Crippen molar-refractivity contribution in [2.24, 2.45) is 0 Å². The van der Waals surface area contributed by atoms with E-state index in [1.54, 1.807) is 66.7 Å². The summed E-state index contributed by atoms with van der Waals surface area (Å²) in [5, 5.41) is 14.1. The van der Waals surface area contributed by atoms with Gasteiger partial charge in [-0.25, -0.2) is 14.5 Å². The van der Waals surface area contributed by atoms with Crippen LogP contribution in [0.1, 0.15) is 21.5 Å². The van der Waals surface area contributed by atoms with Crippen LogP contribution in [0.15, 0.2) is 84.6 Å². The second kappa shape index (κ2) is 10.3. The zero-order valence-electron chi connectivity index (χ0n) is 18.4. The number of carbonyl (C=O) groups is 4. The van der Waals surface area contributed by atoms with Crippen molar-refractivity contribution in [2.75, 3.05) is 11.9 Å². The SMILES string of the molecule is O=C(CN1C(=O)N/C(=C\c2ccccc2OCc2ccc(C(=O)O)cc2)C1=O)Nc1ccccc1. The highest BCUT2D eigenvalue weighted by molar-refractivity contribution is 6.16. The molecule has 4 amide bonds. The van der Waals surface area contributed by atoms with Gasteiger partial charge in [0, 0.05) is 11.3 Å². The summed E-state index contributed by atoms with van der Waals surface area (Å²) in [5.74, 6) is -1.68. The second-order valence-electron chi connectivity index (χ2n) is 7.62. The van der Waals surface area contributed by atoms with E-state index in [0.29, 0.717) is 17.0 Å². The predicted molar refractivity (Wildman–Crippen MR) is 127 cm³/mol. The van der Waals surface area contributed by atoms with Crippen molar-refractivity contribution in [1.82, 2.24) is 10.2 Å². The first-order valence-electron chi connectivity index (χ1n) is 10.6. The molecular formula is C26H21N3O6. The van der Waals surface area contributed by atoms with Gasteiger partial charge < -0.3 is 20.5 Å². The minimum atomic E-state index is -1.01. The maximum absolute atomic E-state index is 12.8. The highest BCUT2D eigenvalue weighted by atomic mass is 16.5. The van der Waals surface area contributed by atoms with Crippen LogP contribution in [0.3, 0.4) is 0 Å². The molecule has 1 fully saturated rings. The number of anilines is 1. The van der Waals surface area contributed by atoms with Crippen molar-refractivity contribution in [1.29, 1.82) is 0 Å². The number of nitrogens with one attached hydrogen (secondary N) is 2. The van der Waals surface area contributed by atoms with E-state index in [9.17, 15) is 19.2 Å². The third-order valence-electron chi connectivity index (χ3n) is 5.14. The van der Waals surface area contributed by atoms with Crippen molar-refractivity contribution in [2.45, 2.75) is 6.61 Å². The summed E-state index contributed by atoms with van der Waals surface area (Å²) < 4.78 is 5.86. The van der Waals surface area contributed by atoms with Crippen molar-refractivity contribution in [3.05, 3.63) is 101 Å². The molecule has 0 aromatic heterocycles. The lowest BCUT2D eigenvalue weighted by Crippen LogP contribution is -2.38. The van der Waals surface area contributed by atoms with Crippen LogP contribution < -0.4 is 15.4 Å². The maximum Gasteiger partial charge on any atom is 0.335 e. The van der Waals surface area contributed by atoms with E-state index < -0.39 is 30.4 Å². The number of imide groups is 1. The van der Waals surface area contributed by atoms with E-state index in [0.717, 1.165) is 10.5 Å². The molecule has 3 aromatic rings. The first kappa shape index (κ1) is 23.2. The Bertz CT molecular complexity index is 1300. The maximum atomic E-state index is 12.8. The number of nitrogens with zero attached hydrogens (tertiary/aromatic N) is 1. The molecular weight excluding hydrogens is 450 g/mol. The van der Waals surface area contributed by atoms with Crippen molar-refractivity contribution >= 4 is 35.6 Å². The van der Waals surface area contributed by atoms with E-state index in [1.165, 1.54) is 18.2 Å². The highest BCUT2D eigenvalue weighted by Gasteiger charge is 2.35. The Morgan fingerprint density at radius 3 is 2.34 bits per heavy atom. The number of carboxylic acid groups (broad SMARTS) is 1. The monoisotopic (exact) mass is 471 g/mol. The van der Waals surface area contributed by atoms with E-state index in [2.05, 4.69) is 10.6 Å². The van der Waals surface area contributed by atoms with E-state index in [-0.39, 0.29) is 17.9 Å². The van der Waals surface area contributed by atoms with Gasteiger partial charge in [0.1, 0.15) is 24.6 Å². The summed E-state index contributed by atoms with van der Waals surface area (Å²) >= 11 is 0. The number of amides is 4. The Hall–Kier alpha value is -4.92. The topological polar surface area (TPSA) is 125 Å². The Morgan fingerprint density at radius 2 is 1.63 bits per heavy atom. The highest BCUT2D eigenvalue weighted by Crippen LogP contribution is 2.24. The molecule has 0 atom stereocenters. The lowest BCUT2D eigenvalue weighted by atomic mass is 10.1. The molecule has 9 heteroatoms. The Kier molecular flexibility index (Phi) is 6.87. The molecule has 4 rings (SSSR count). The van der Waals surface area contributed by atoms with Gasteiger partial charge in [0.2, 0.25) is 5.91 Å². The standard InChI is InChI=1S/C26H21N3O6/c30-23(27-20-7-2-1-3-8-20)15-29-24(31)21(28-26(29)34)14-19-6-4-5-9-22(19)35-16-17-10-12-18(13-11-17)25(32)33/h1-14H,15-16H2,(H,27,30)(H,28,34)(H,32,33)/b21-14-. The molecule has 0 spiro atoms. The second-order valence-corrected chi connectivity index (χ2v) is 7.62. The molecule has 176 valence electrons. The fraction of sp³-hybridized carbons (Fsp3) is 0.0769. The Labute approximate surface area is 200 Å². The van der Waals surface area contributed by atoms with Crippen LogP contribution in [-0.4, -0.2) is 40.4 Å². The molecule has 1 aliphatic heterocycles. The first-order valence-corrected chi connectivity index (χ1v) is 10.6. The number of para-hydroxylation sites is 2. The van der Waals surface area contributed by atoms with E-state index in [1.807, 2.05) is 0 Å². The average Bonchev–Trinajstić information content (AvgIpc) is 3.11. The number of ether oxygens (including phenoxy) is 1. The number of carbonyl (C=O) groups excluding carboxylic acids is 3. The van der Waals surface area contributed by atoms with Crippen molar-refractivity contribution < 1.29 is 29.0 Å². The van der Waals surface area contributed by atoms with E-state index in [4.69, 9.17) is 9.84 Å². The van der Waals surface area contributed by atoms with Gasteiger partial charge in [0.15, 0.2) is 0 Å². The van der Waals surface area contributed by atoms with Crippen molar-refractivity contribution in [3.63, 3.8) is 0 Å². The molecule has 0 aliphatic carbocycles. The number of hydrogen-bond acceptors (Lipinski definition) is 5. The molecule has 0 unspecified atom stereocenters. The number of hydrogen-bond donors (Lipinski definition) is 3. The van der Waals surface area contributed by atoms with Gasteiger partial charge in [-0.05, 0) is 42.0 Å². The lowest BCUT2D eigenvalue weighted by Gasteiger charge is -2.12. The van der Waals surface area contributed by atoms with Crippen LogP contribution in [-0.2, 0) is 16.2 Å². The number of urea groups is 1. The quantitative estimate of drug-likeness (QED) is 0.341. The molecule has 0 radical (unpaired) electrons. The molecule has 0 bridgehead atoms. The molecule has 1 saturated heterocycles. The van der Waals surface area contributed by atoms with Crippen LogP contribution >= 0.6 is 0 Å². The van der Waals surface area contributed by atoms with Crippen molar-refractivity contribution in [3.8, 4) is 5.75 Å². The molecule has 35 heavy (non-hydrogen) atoms. The Morgan fingerprint density at radius 1 is 0.943 bits per heavy atom. The molecule has 3 N–H and O–H groups in total. The van der Waals surface area contributed by atoms with Crippen LogP contribution in [0.2, 0.25) is 0 Å². The largest absolute Gasteiger partial charge is 0.488 e. The zero-order chi connectivity index (χ0) is 24.8. The summed E-state index contributed by atoms with van der Waals surface area (Å²) in [7, 11) is 0. The minimum Gasteiger partial charge on any atom is -0.488 e. The van der Waals surface area contributed by atoms with Crippen LogP contribution in [0.5, 0.6) is 5.75 Å². The fourth-order valence-electron chi connectivity index (χ4n) is 3.37. The predicted octanol–water partition coefficient (Wildman–Crippen LogP) is 3.50. The summed E-state index contributed by atoms with van der Waals surface area (Å²) in [4.78, 5) is 49.3. The molecule has 3 aromatic carbocycles. The van der Waals surface area contributed by atoms with Gasteiger partial charge in [0.25, 0.3) is 5.91 Å². The molecule has 0 saturated carbocycles. The summed E-state index contributed by atoms with van der Waals surface area (Å²) in [6.07, 6.45) is 1.48. The fourth-order valence-corrected chi connectivity index (χ4v) is 3.37. The summed E-state index contributed by atoms with van der Waals surface area (Å²) in [6, 6.07) is 21.3. The Balaban J connectivity index is 1.43. The first-order chi connectivity index (χ1) is 16.9. The zero-order valence-corrected chi connectivity index (χ0v) is 18.4. The minimum absolute atomic E-state index is 0.0179. The molecule has 1 heterocycles. The van der Waals surface area contributed by atoms with Gasteiger partial charge in [-0.2, -0.15) is 0 Å². The van der Waals surface area contributed by atoms with Gasteiger partial charge in [-0.1, -0.05) is 48.5 Å². The number of benzene rings is 3. The summed E-state index contributed by atoms with van der Waals surface area (Å²) in [5.41, 5.74) is 2.07. The lowest BCUT2D eigenvalue weighted by molar-refractivity contribution is -0.127. The van der Waals surface area contributed by atoms with Crippen LogP contribution in [0.4, 0.5) is 10.5 Å². The number of rotatable bonds is 8. The van der Waals surface area contributed by atoms with Crippen LogP contribution in [0.25, 0.3) is 6.08 Å². The number of carboxylic acids is 1. The van der Waals surface area contributed by atoms with Gasteiger partial charge >= 0.3 is 12.0 Å². The smallest absolute Gasteiger partial charge is 0.335 e. The van der Waals surface area contributed by atoms with E-state index >= 15 is 0 Å². The van der Waals surface area contributed by atoms with Gasteiger partial charge in [-0.3, -0.25) is 9.59 Å². The van der Waals surface area contributed by atoms with Crippen LogP contribution in [0, 0.1) is 0 Å². The molecule has 9 nitrogen and oxygen atoms in total. The molecule has 1 aliphatic rings. The normalized spacial score (nSPS) is 14.1. The third-order valence-corrected chi connectivity index (χ3v) is 5.14. The van der Waals surface area contributed by atoms with Gasteiger partial charge in [0.05, 0.1) is 5.56 Å². The third kappa shape index (κ3) is 5.72.